The minimum atomic E-state index is 0.0893. The number of carbonyl (C=O) groups excluding carboxylic acids is 1. The zero-order chi connectivity index (χ0) is 11.6. The molecule has 1 rings (SSSR count). The van der Waals surface area contributed by atoms with Crippen molar-refractivity contribution < 1.29 is 4.79 Å². The molecule has 0 N–H and O–H groups in total. The number of aryl methyl sites for hydroxylation is 1. The third kappa shape index (κ3) is 3.18. The molecule has 0 aliphatic rings. The standard InChI is InChI=1S/C12H20N2O/c1-6-10-7-11(9(2)15)14(13-10)8-12(3,4)5/h7H,6,8H2,1-5H3. The van der Waals surface area contributed by atoms with Crippen LogP contribution in [0, 0.1) is 5.41 Å². The van der Waals surface area contributed by atoms with Crippen molar-refractivity contribution in [2.45, 2.75) is 47.6 Å². The number of nitrogens with zero attached hydrogens (tertiary/aromatic N) is 2. The van der Waals surface area contributed by atoms with Crippen molar-refractivity contribution in [1.29, 1.82) is 0 Å². The van der Waals surface area contributed by atoms with E-state index in [4.69, 9.17) is 0 Å². The van der Waals surface area contributed by atoms with E-state index < -0.39 is 0 Å². The molecular weight excluding hydrogens is 188 g/mol. The summed E-state index contributed by atoms with van der Waals surface area (Å²) < 4.78 is 1.83. The van der Waals surface area contributed by atoms with Gasteiger partial charge in [-0.2, -0.15) is 5.10 Å². The number of Topliss-reactive ketones (excluding diaryl/α,β-unsaturated/α-hetero) is 1. The second-order valence-electron chi connectivity index (χ2n) is 5.15. The summed E-state index contributed by atoms with van der Waals surface area (Å²) in [5, 5.41) is 4.43. The zero-order valence-electron chi connectivity index (χ0n) is 10.3. The van der Waals surface area contributed by atoms with Crippen LogP contribution < -0.4 is 0 Å². The second-order valence-corrected chi connectivity index (χ2v) is 5.15. The zero-order valence-corrected chi connectivity index (χ0v) is 10.3. The van der Waals surface area contributed by atoms with Crippen LogP contribution in [0.25, 0.3) is 0 Å². The van der Waals surface area contributed by atoms with Crippen LogP contribution in [0.1, 0.15) is 50.8 Å². The first kappa shape index (κ1) is 12.0. The summed E-state index contributed by atoms with van der Waals surface area (Å²) in [7, 11) is 0. The molecule has 0 atom stereocenters. The molecule has 0 saturated carbocycles. The molecule has 0 aliphatic heterocycles. The number of hydrogen-bond donors (Lipinski definition) is 0. The highest BCUT2D eigenvalue weighted by molar-refractivity contribution is 5.92. The summed E-state index contributed by atoms with van der Waals surface area (Å²) in [5.41, 5.74) is 1.85. The van der Waals surface area contributed by atoms with Gasteiger partial charge >= 0.3 is 0 Å². The Hall–Kier alpha value is -1.12. The number of rotatable bonds is 3. The van der Waals surface area contributed by atoms with Crippen LogP contribution in [-0.4, -0.2) is 15.6 Å². The first-order valence-electron chi connectivity index (χ1n) is 5.41. The van der Waals surface area contributed by atoms with Crippen molar-refractivity contribution >= 4 is 5.78 Å². The largest absolute Gasteiger partial charge is 0.293 e. The molecule has 1 heterocycles. The summed E-state index contributed by atoms with van der Waals surface area (Å²) >= 11 is 0. The lowest BCUT2D eigenvalue weighted by Gasteiger charge is -2.19. The molecule has 0 saturated heterocycles. The van der Waals surface area contributed by atoms with Gasteiger partial charge in [0.25, 0.3) is 0 Å². The van der Waals surface area contributed by atoms with Crippen molar-refractivity contribution in [2.75, 3.05) is 0 Å². The normalized spacial score (nSPS) is 11.8. The minimum absolute atomic E-state index is 0.0893. The van der Waals surface area contributed by atoms with Gasteiger partial charge in [0.15, 0.2) is 5.78 Å². The van der Waals surface area contributed by atoms with E-state index in [1.807, 2.05) is 17.7 Å². The SMILES string of the molecule is CCc1cc(C(C)=O)n(CC(C)(C)C)n1. The van der Waals surface area contributed by atoms with Crippen molar-refractivity contribution in [3.8, 4) is 0 Å². The Bertz CT molecular complexity index is 358. The highest BCUT2D eigenvalue weighted by atomic mass is 16.1. The average molecular weight is 208 g/mol. The molecule has 1 aromatic heterocycles. The molecule has 0 amide bonds. The van der Waals surface area contributed by atoms with Gasteiger partial charge in [-0.25, -0.2) is 0 Å². The van der Waals surface area contributed by atoms with Gasteiger partial charge in [-0.05, 0) is 17.9 Å². The molecular formula is C12H20N2O. The average Bonchev–Trinajstić information content (AvgIpc) is 2.44. The third-order valence-electron chi connectivity index (χ3n) is 2.18. The maximum atomic E-state index is 11.4. The van der Waals surface area contributed by atoms with Gasteiger partial charge in [0.2, 0.25) is 0 Å². The quantitative estimate of drug-likeness (QED) is 0.716. The van der Waals surface area contributed by atoms with Crippen molar-refractivity contribution in [2.24, 2.45) is 5.41 Å². The van der Waals surface area contributed by atoms with Crippen LogP contribution in [0.15, 0.2) is 6.07 Å². The van der Waals surface area contributed by atoms with Crippen LogP contribution in [0.4, 0.5) is 0 Å². The van der Waals surface area contributed by atoms with Crippen LogP contribution in [0.5, 0.6) is 0 Å². The number of hydrogen-bond acceptors (Lipinski definition) is 2. The summed E-state index contributed by atoms with van der Waals surface area (Å²) in [6, 6.07) is 1.90. The first-order valence-corrected chi connectivity index (χ1v) is 5.41. The highest BCUT2D eigenvalue weighted by Crippen LogP contribution is 2.18. The van der Waals surface area contributed by atoms with E-state index in [0.29, 0.717) is 0 Å². The van der Waals surface area contributed by atoms with Gasteiger partial charge in [-0.1, -0.05) is 27.7 Å². The van der Waals surface area contributed by atoms with Crippen LogP contribution in [0.3, 0.4) is 0 Å². The van der Waals surface area contributed by atoms with E-state index in [9.17, 15) is 4.79 Å². The van der Waals surface area contributed by atoms with E-state index in [0.717, 1.165) is 24.4 Å². The number of carbonyl (C=O) groups is 1. The Kier molecular flexibility index (Phi) is 3.32. The topological polar surface area (TPSA) is 34.9 Å². The lowest BCUT2D eigenvalue weighted by Crippen LogP contribution is -2.19. The molecule has 3 nitrogen and oxygen atoms in total. The Labute approximate surface area is 91.5 Å². The molecule has 0 aliphatic carbocycles. The molecule has 0 fully saturated rings. The van der Waals surface area contributed by atoms with Crippen molar-refractivity contribution in [3.05, 3.63) is 17.5 Å². The lowest BCUT2D eigenvalue weighted by atomic mass is 9.97. The van der Waals surface area contributed by atoms with E-state index in [2.05, 4.69) is 25.9 Å². The van der Waals surface area contributed by atoms with Crippen molar-refractivity contribution in [3.63, 3.8) is 0 Å². The number of ketones is 1. The summed E-state index contributed by atoms with van der Waals surface area (Å²) in [6.07, 6.45) is 0.872. The molecule has 15 heavy (non-hydrogen) atoms. The van der Waals surface area contributed by atoms with E-state index >= 15 is 0 Å². The number of aromatic nitrogens is 2. The highest BCUT2D eigenvalue weighted by Gasteiger charge is 2.17. The monoisotopic (exact) mass is 208 g/mol. The molecule has 0 unspecified atom stereocenters. The minimum Gasteiger partial charge on any atom is -0.293 e. The predicted octanol–water partition coefficient (Wildman–Crippen LogP) is 2.69. The van der Waals surface area contributed by atoms with Gasteiger partial charge in [-0.15, -0.1) is 0 Å². The summed E-state index contributed by atoms with van der Waals surface area (Å²) in [4.78, 5) is 11.4. The van der Waals surface area contributed by atoms with Crippen LogP contribution in [0.2, 0.25) is 0 Å². The molecule has 0 aromatic carbocycles. The molecule has 0 radical (unpaired) electrons. The van der Waals surface area contributed by atoms with E-state index in [-0.39, 0.29) is 11.2 Å². The molecule has 0 bridgehead atoms. The van der Waals surface area contributed by atoms with Crippen LogP contribution >= 0.6 is 0 Å². The Morgan fingerprint density at radius 2 is 2.07 bits per heavy atom. The van der Waals surface area contributed by atoms with Crippen molar-refractivity contribution in [1.82, 2.24) is 9.78 Å². The van der Waals surface area contributed by atoms with Gasteiger partial charge < -0.3 is 0 Å². The fourth-order valence-corrected chi connectivity index (χ4v) is 1.50. The Balaban J connectivity index is 3.04. The van der Waals surface area contributed by atoms with Gasteiger partial charge in [0.1, 0.15) is 5.69 Å². The second kappa shape index (κ2) is 4.17. The maximum Gasteiger partial charge on any atom is 0.177 e. The van der Waals surface area contributed by atoms with Gasteiger partial charge in [-0.3, -0.25) is 9.48 Å². The smallest absolute Gasteiger partial charge is 0.177 e. The van der Waals surface area contributed by atoms with Crippen LogP contribution in [-0.2, 0) is 13.0 Å². The third-order valence-corrected chi connectivity index (χ3v) is 2.18. The lowest BCUT2D eigenvalue weighted by molar-refractivity contribution is 0.100. The predicted molar refractivity (Wildman–Crippen MR) is 61.1 cm³/mol. The fraction of sp³-hybridized carbons (Fsp3) is 0.667. The summed E-state index contributed by atoms with van der Waals surface area (Å²) in [5.74, 6) is 0.0893. The van der Waals surface area contributed by atoms with E-state index in [1.165, 1.54) is 0 Å². The van der Waals surface area contributed by atoms with Gasteiger partial charge in [0.05, 0.1) is 5.69 Å². The molecule has 0 spiro atoms. The first-order chi connectivity index (χ1) is 6.83. The molecule has 84 valence electrons. The molecule has 1 aromatic rings. The summed E-state index contributed by atoms with van der Waals surface area (Å²) in [6.45, 7) is 10.9. The van der Waals surface area contributed by atoms with Gasteiger partial charge in [0, 0.05) is 13.5 Å². The van der Waals surface area contributed by atoms with E-state index in [1.54, 1.807) is 6.92 Å². The maximum absolute atomic E-state index is 11.4. The molecule has 3 heteroatoms. The fourth-order valence-electron chi connectivity index (χ4n) is 1.50. The Morgan fingerprint density at radius 3 is 2.47 bits per heavy atom. The Morgan fingerprint density at radius 1 is 1.47 bits per heavy atom.